The van der Waals surface area contributed by atoms with Crippen LogP contribution in [0.2, 0.25) is 0 Å². The predicted octanol–water partition coefficient (Wildman–Crippen LogP) is 3.61. The molecule has 33 heavy (non-hydrogen) atoms. The molecule has 2 N–H and O–H groups in total. The van der Waals surface area contributed by atoms with Crippen molar-refractivity contribution in [3.8, 4) is 5.75 Å². The molecule has 1 aliphatic heterocycles. The number of hydrogen-bond donors (Lipinski definition) is 2. The summed E-state index contributed by atoms with van der Waals surface area (Å²) in [5.41, 5.74) is 2.77. The number of carbonyl (C=O) groups is 1. The molecule has 3 aromatic heterocycles. The zero-order valence-electron chi connectivity index (χ0n) is 16.9. The fraction of sp³-hybridized carbons (Fsp3) is 0.143. The maximum atomic E-state index is 12.6. The van der Waals surface area contributed by atoms with Gasteiger partial charge in [-0.05, 0) is 23.8 Å². The summed E-state index contributed by atoms with van der Waals surface area (Å²) in [6.45, 7) is 0.299. The van der Waals surface area contributed by atoms with E-state index in [1.54, 1.807) is 17.0 Å². The minimum Gasteiger partial charge on any atom is -0.508 e. The summed E-state index contributed by atoms with van der Waals surface area (Å²) in [6.07, 6.45) is 0. The molecule has 1 amide bonds. The Morgan fingerprint density at radius 2 is 1.91 bits per heavy atom. The van der Waals surface area contributed by atoms with Crippen molar-refractivity contribution in [3.63, 3.8) is 0 Å². The molecule has 1 aliphatic rings. The van der Waals surface area contributed by atoms with Crippen LogP contribution in [0.4, 0.5) is 5.13 Å². The molecule has 0 spiro atoms. The van der Waals surface area contributed by atoms with Gasteiger partial charge in [0.2, 0.25) is 15.8 Å². The van der Waals surface area contributed by atoms with E-state index in [4.69, 9.17) is 0 Å². The van der Waals surface area contributed by atoms with E-state index in [0.29, 0.717) is 27.2 Å². The monoisotopic (exact) mass is 493 g/mol. The van der Waals surface area contributed by atoms with Crippen LogP contribution in [-0.2, 0) is 11.3 Å². The van der Waals surface area contributed by atoms with Crippen molar-refractivity contribution in [2.75, 3.05) is 10.7 Å². The number of phenolic OH excluding ortho intramolecular Hbond substituents is 1. The van der Waals surface area contributed by atoms with Crippen LogP contribution in [0.1, 0.15) is 15.9 Å². The summed E-state index contributed by atoms with van der Waals surface area (Å²) in [5.74, 6) is 0.538. The Morgan fingerprint density at radius 3 is 2.79 bits per heavy atom. The number of carbonyl (C=O) groups excluding carboxylic acids is 1. The number of nitrogens with zero attached hydrogens (tertiary/aromatic N) is 6. The Morgan fingerprint density at radius 1 is 1.06 bits per heavy atom. The van der Waals surface area contributed by atoms with Gasteiger partial charge in [0.25, 0.3) is 0 Å². The van der Waals surface area contributed by atoms with Crippen LogP contribution in [0.15, 0.2) is 53.5 Å². The lowest BCUT2D eigenvalue weighted by molar-refractivity contribution is -0.115. The van der Waals surface area contributed by atoms with Crippen molar-refractivity contribution in [2.24, 2.45) is 4.99 Å². The first-order valence-corrected chi connectivity index (χ1v) is 12.6. The Balaban J connectivity index is 1.26. The van der Waals surface area contributed by atoms with Gasteiger partial charge in [0.1, 0.15) is 26.5 Å². The van der Waals surface area contributed by atoms with Gasteiger partial charge < -0.3 is 10.1 Å². The Kier molecular flexibility index (Phi) is 5.04. The average Bonchev–Trinajstić information content (AvgIpc) is 3.54. The third-order valence-corrected chi connectivity index (χ3v) is 8.14. The number of fused-ring (bicyclic) bond motifs is 3. The van der Waals surface area contributed by atoms with Gasteiger partial charge in [-0.3, -0.25) is 9.69 Å². The number of aromatic hydroxyl groups is 1. The predicted molar refractivity (Wildman–Crippen MR) is 129 cm³/mol. The van der Waals surface area contributed by atoms with E-state index in [9.17, 15) is 9.90 Å². The maximum Gasteiger partial charge on any atom is 0.240 e. The number of anilines is 1. The molecule has 0 aliphatic carbocycles. The number of H-pyrrole nitrogens is 1. The molecule has 1 fully saturated rings. The lowest BCUT2D eigenvalue weighted by Gasteiger charge is -2.20. The normalized spacial score (nSPS) is 17.0. The molecular weight excluding hydrogens is 478 g/mol. The van der Waals surface area contributed by atoms with Gasteiger partial charge in [-0.15, -0.1) is 32.2 Å². The molecule has 164 valence electrons. The Bertz CT molecular complexity index is 1560. The molecular formula is C21H15N7O2S3. The Hall–Kier alpha value is -3.35. The van der Waals surface area contributed by atoms with Crippen LogP contribution in [0, 0.1) is 0 Å². The molecule has 0 radical (unpaired) electrons. The van der Waals surface area contributed by atoms with Crippen LogP contribution < -0.4 is 9.70 Å². The van der Waals surface area contributed by atoms with Crippen molar-refractivity contribution in [2.45, 2.75) is 11.9 Å². The molecule has 5 aromatic rings. The number of para-hydroxylation sites is 1. The van der Waals surface area contributed by atoms with Crippen molar-refractivity contribution >= 4 is 66.7 Å². The molecule has 1 saturated heterocycles. The van der Waals surface area contributed by atoms with Crippen molar-refractivity contribution < 1.29 is 9.90 Å². The van der Waals surface area contributed by atoms with E-state index < -0.39 is 0 Å². The number of amides is 1. The highest BCUT2D eigenvalue weighted by molar-refractivity contribution is 8.00. The Labute approximate surface area is 198 Å². The SMILES string of the molecule is O=C1CSC(c2ccc(O)cc2)N1c1nnc(CN=c2nnc3c([nH]c4ccccc43)s2)s1. The minimum absolute atomic E-state index is 0.0185. The molecule has 9 nitrogen and oxygen atoms in total. The first-order chi connectivity index (χ1) is 16.2. The standard InChI is InChI=1S/C21H15N7O2S3/c29-12-7-5-11(6-8-12)19-28(16(30)10-31-19)21-27-24-15(32-21)9-22-20-26-25-17-13-3-1-2-4-14(13)23-18(17)33-20/h1-8,19,23,29H,9-10H2. The lowest BCUT2D eigenvalue weighted by atomic mass is 10.2. The largest absolute Gasteiger partial charge is 0.508 e. The molecule has 6 rings (SSSR count). The summed E-state index contributed by atoms with van der Waals surface area (Å²) in [4.78, 5) is 23.6. The molecule has 4 heterocycles. The van der Waals surface area contributed by atoms with E-state index >= 15 is 0 Å². The van der Waals surface area contributed by atoms with Gasteiger partial charge in [0.15, 0.2) is 0 Å². The van der Waals surface area contributed by atoms with Gasteiger partial charge in [0.05, 0.1) is 12.3 Å². The number of benzene rings is 2. The third kappa shape index (κ3) is 3.75. The van der Waals surface area contributed by atoms with Gasteiger partial charge in [-0.2, -0.15) is 0 Å². The van der Waals surface area contributed by atoms with E-state index in [1.807, 2.05) is 36.4 Å². The van der Waals surface area contributed by atoms with E-state index in [1.165, 1.54) is 34.4 Å². The fourth-order valence-corrected chi connectivity index (χ4v) is 6.43. The second kappa shape index (κ2) is 8.21. The van der Waals surface area contributed by atoms with Gasteiger partial charge >= 0.3 is 0 Å². The number of rotatable bonds is 4. The average molecular weight is 494 g/mol. The highest BCUT2D eigenvalue weighted by Crippen LogP contribution is 2.42. The lowest BCUT2D eigenvalue weighted by Crippen LogP contribution is -2.27. The summed E-state index contributed by atoms with van der Waals surface area (Å²) in [6, 6.07) is 14.8. The maximum absolute atomic E-state index is 12.6. The zero-order chi connectivity index (χ0) is 22.4. The van der Waals surface area contributed by atoms with Crippen molar-refractivity contribution in [3.05, 3.63) is 63.9 Å². The second-order valence-corrected chi connectivity index (χ2v) is 10.3. The molecule has 1 unspecified atom stereocenters. The number of aromatic amines is 1. The summed E-state index contributed by atoms with van der Waals surface area (Å²) < 4.78 is 0. The van der Waals surface area contributed by atoms with Crippen molar-refractivity contribution in [1.82, 2.24) is 25.4 Å². The molecule has 0 saturated carbocycles. The van der Waals surface area contributed by atoms with Crippen LogP contribution in [-0.4, -0.2) is 42.1 Å². The van der Waals surface area contributed by atoms with E-state index in [2.05, 4.69) is 30.4 Å². The van der Waals surface area contributed by atoms with Crippen LogP contribution in [0.25, 0.3) is 21.3 Å². The molecule has 0 bridgehead atoms. The van der Waals surface area contributed by atoms with Crippen LogP contribution in [0.3, 0.4) is 0 Å². The molecule has 1 atom stereocenters. The van der Waals surface area contributed by atoms with E-state index in [0.717, 1.165) is 26.8 Å². The first kappa shape index (κ1) is 20.3. The zero-order valence-corrected chi connectivity index (χ0v) is 19.3. The molecule has 2 aromatic carbocycles. The summed E-state index contributed by atoms with van der Waals surface area (Å²) in [5, 5.41) is 28.7. The number of phenols is 1. The van der Waals surface area contributed by atoms with Crippen molar-refractivity contribution in [1.29, 1.82) is 0 Å². The van der Waals surface area contributed by atoms with Crippen LogP contribution in [0.5, 0.6) is 5.75 Å². The first-order valence-electron chi connectivity index (χ1n) is 9.95. The number of aromatic nitrogens is 5. The summed E-state index contributed by atoms with van der Waals surface area (Å²) >= 11 is 4.30. The van der Waals surface area contributed by atoms with Gasteiger partial charge in [0, 0.05) is 10.9 Å². The number of hydrogen-bond acceptors (Lipinski definition) is 10. The smallest absolute Gasteiger partial charge is 0.240 e. The van der Waals surface area contributed by atoms with Gasteiger partial charge in [-0.1, -0.05) is 53.0 Å². The number of nitrogens with one attached hydrogen (secondary N) is 1. The molecule has 12 heteroatoms. The van der Waals surface area contributed by atoms with Crippen LogP contribution >= 0.6 is 34.4 Å². The highest BCUT2D eigenvalue weighted by Gasteiger charge is 2.36. The summed E-state index contributed by atoms with van der Waals surface area (Å²) in [7, 11) is 0. The fourth-order valence-electron chi connectivity index (χ4n) is 3.60. The van der Waals surface area contributed by atoms with Gasteiger partial charge in [-0.25, -0.2) is 4.99 Å². The highest BCUT2D eigenvalue weighted by atomic mass is 32.2. The second-order valence-electron chi connectivity index (χ2n) is 7.25. The third-order valence-electron chi connectivity index (χ3n) is 5.13. The van der Waals surface area contributed by atoms with E-state index in [-0.39, 0.29) is 17.0 Å². The number of thioether (sulfide) groups is 1. The minimum atomic E-state index is -0.201. The quantitative estimate of drug-likeness (QED) is 0.392. The topological polar surface area (TPSA) is 120 Å².